The zero-order valence-electron chi connectivity index (χ0n) is 8.24. The average Bonchev–Trinajstić information content (AvgIpc) is 2.65. The fraction of sp³-hybridized carbons (Fsp3) is 0.667. The Bertz CT molecular complexity index is 302. The molecule has 5 N–H and O–H groups in total. The normalized spacial score (nSPS) is 15.4. The van der Waals surface area contributed by atoms with Gasteiger partial charge in [0.15, 0.2) is 0 Å². The molecule has 0 saturated heterocycles. The van der Waals surface area contributed by atoms with Gasteiger partial charge in [-0.05, 0) is 6.42 Å². The summed E-state index contributed by atoms with van der Waals surface area (Å²) in [6.07, 6.45) is 3.02. The molecule has 2 heterocycles. The molecule has 0 aliphatic carbocycles. The molecule has 0 bridgehead atoms. The number of aromatic nitrogens is 2. The highest BCUT2D eigenvalue weighted by molar-refractivity contribution is 5.47. The van der Waals surface area contributed by atoms with Gasteiger partial charge in [0, 0.05) is 37.7 Å². The molecule has 0 saturated carbocycles. The standard InChI is InChI=1S/C9H17N5/c10-4-7(5-11)8-6-13-14-3-1-2-12-9(8)14/h6-7,12H,1-5,10-11H2. The zero-order valence-corrected chi connectivity index (χ0v) is 8.24. The van der Waals surface area contributed by atoms with Crippen LogP contribution in [0, 0.1) is 0 Å². The van der Waals surface area contributed by atoms with E-state index in [1.807, 2.05) is 10.9 Å². The number of rotatable bonds is 3. The number of nitrogens with two attached hydrogens (primary N) is 2. The van der Waals surface area contributed by atoms with Crippen LogP contribution in [0.25, 0.3) is 0 Å². The van der Waals surface area contributed by atoms with E-state index in [-0.39, 0.29) is 5.92 Å². The molecule has 5 nitrogen and oxygen atoms in total. The van der Waals surface area contributed by atoms with Crippen molar-refractivity contribution >= 4 is 5.82 Å². The van der Waals surface area contributed by atoms with Gasteiger partial charge in [0.25, 0.3) is 0 Å². The molecule has 14 heavy (non-hydrogen) atoms. The summed E-state index contributed by atoms with van der Waals surface area (Å²) < 4.78 is 2.00. The third kappa shape index (κ3) is 1.49. The van der Waals surface area contributed by atoms with Crippen molar-refractivity contribution in [3.63, 3.8) is 0 Å². The molecule has 1 aromatic heterocycles. The van der Waals surface area contributed by atoms with Crippen LogP contribution in [0.15, 0.2) is 6.20 Å². The summed E-state index contributed by atoms with van der Waals surface area (Å²) in [4.78, 5) is 0. The topological polar surface area (TPSA) is 81.9 Å². The third-order valence-corrected chi connectivity index (χ3v) is 2.72. The van der Waals surface area contributed by atoms with Gasteiger partial charge < -0.3 is 16.8 Å². The van der Waals surface area contributed by atoms with Crippen LogP contribution in [0.2, 0.25) is 0 Å². The molecule has 0 unspecified atom stereocenters. The van der Waals surface area contributed by atoms with E-state index in [0.29, 0.717) is 13.1 Å². The average molecular weight is 195 g/mol. The van der Waals surface area contributed by atoms with E-state index >= 15 is 0 Å². The SMILES string of the molecule is NCC(CN)c1cnn2c1NCCC2. The summed E-state index contributed by atoms with van der Waals surface area (Å²) in [7, 11) is 0. The number of nitrogens with one attached hydrogen (secondary N) is 1. The molecular weight excluding hydrogens is 178 g/mol. The van der Waals surface area contributed by atoms with Crippen LogP contribution < -0.4 is 16.8 Å². The van der Waals surface area contributed by atoms with Crippen molar-refractivity contribution in [2.45, 2.75) is 18.9 Å². The quantitative estimate of drug-likeness (QED) is 0.618. The van der Waals surface area contributed by atoms with Crippen molar-refractivity contribution in [2.24, 2.45) is 11.5 Å². The van der Waals surface area contributed by atoms with Gasteiger partial charge in [-0.1, -0.05) is 0 Å². The minimum Gasteiger partial charge on any atom is -0.370 e. The molecule has 1 aromatic rings. The lowest BCUT2D eigenvalue weighted by Gasteiger charge is -2.19. The lowest BCUT2D eigenvalue weighted by molar-refractivity contribution is 0.565. The maximum atomic E-state index is 5.66. The van der Waals surface area contributed by atoms with Crippen molar-refractivity contribution in [2.75, 3.05) is 25.0 Å². The smallest absolute Gasteiger partial charge is 0.127 e. The number of hydrogen-bond acceptors (Lipinski definition) is 4. The summed E-state index contributed by atoms with van der Waals surface area (Å²) in [5.41, 5.74) is 12.5. The second kappa shape index (κ2) is 3.98. The fourth-order valence-corrected chi connectivity index (χ4v) is 1.85. The van der Waals surface area contributed by atoms with Crippen molar-refractivity contribution in [3.05, 3.63) is 11.8 Å². The first-order valence-electron chi connectivity index (χ1n) is 5.06. The van der Waals surface area contributed by atoms with Crippen LogP contribution in [0.1, 0.15) is 17.9 Å². The van der Waals surface area contributed by atoms with Crippen LogP contribution >= 0.6 is 0 Å². The van der Waals surface area contributed by atoms with Crippen molar-refractivity contribution in [3.8, 4) is 0 Å². The van der Waals surface area contributed by atoms with Crippen LogP contribution in [0.3, 0.4) is 0 Å². The second-order valence-corrected chi connectivity index (χ2v) is 3.62. The van der Waals surface area contributed by atoms with E-state index < -0.39 is 0 Å². The Morgan fingerprint density at radius 1 is 1.50 bits per heavy atom. The number of nitrogens with zero attached hydrogens (tertiary/aromatic N) is 2. The van der Waals surface area contributed by atoms with E-state index in [2.05, 4.69) is 10.4 Å². The van der Waals surface area contributed by atoms with Crippen LogP contribution in [-0.2, 0) is 6.54 Å². The maximum absolute atomic E-state index is 5.66. The van der Waals surface area contributed by atoms with Crippen LogP contribution in [-0.4, -0.2) is 29.4 Å². The van der Waals surface area contributed by atoms with Crippen LogP contribution in [0.5, 0.6) is 0 Å². The molecule has 2 rings (SSSR count). The predicted octanol–water partition coefficient (Wildman–Crippen LogP) is -0.300. The molecule has 1 aliphatic rings. The molecule has 1 aliphatic heterocycles. The highest BCUT2D eigenvalue weighted by Crippen LogP contribution is 2.25. The van der Waals surface area contributed by atoms with Crippen molar-refractivity contribution in [1.29, 1.82) is 0 Å². The molecule has 78 valence electrons. The van der Waals surface area contributed by atoms with Crippen LogP contribution in [0.4, 0.5) is 5.82 Å². The summed E-state index contributed by atoms with van der Waals surface area (Å²) in [6, 6.07) is 0. The zero-order chi connectivity index (χ0) is 9.97. The second-order valence-electron chi connectivity index (χ2n) is 3.62. The number of aryl methyl sites for hydroxylation is 1. The van der Waals surface area contributed by atoms with E-state index in [1.165, 1.54) is 0 Å². The minimum absolute atomic E-state index is 0.226. The summed E-state index contributed by atoms with van der Waals surface area (Å²) >= 11 is 0. The highest BCUT2D eigenvalue weighted by Gasteiger charge is 2.19. The summed E-state index contributed by atoms with van der Waals surface area (Å²) in [6.45, 7) is 3.17. The number of hydrogen-bond donors (Lipinski definition) is 3. The van der Waals surface area contributed by atoms with Crippen molar-refractivity contribution in [1.82, 2.24) is 9.78 Å². The molecule has 0 radical (unpaired) electrons. The Hall–Kier alpha value is -1.07. The summed E-state index contributed by atoms with van der Waals surface area (Å²) in [5, 5.41) is 7.67. The van der Waals surface area contributed by atoms with Gasteiger partial charge in [-0.15, -0.1) is 0 Å². The van der Waals surface area contributed by atoms with Gasteiger partial charge in [0.05, 0.1) is 6.20 Å². The van der Waals surface area contributed by atoms with Gasteiger partial charge in [-0.25, -0.2) is 4.68 Å². The van der Waals surface area contributed by atoms with Gasteiger partial charge >= 0.3 is 0 Å². The maximum Gasteiger partial charge on any atom is 0.127 e. The number of anilines is 1. The molecule has 0 aromatic carbocycles. The third-order valence-electron chi connectivity index (χ3n) is 2.72. The largest absolute Gasteiger partial charge is 0.370 e. The Morgan fingerprint density at radius 2 is 2.29 bits per heavy atom. The van der Waals surface area contributed by atoms with E-state index in [1.54, 1.807) is 0 Å². The lowest BCUT2D eigenvalue weighted by atomic mass is 10.0. The fourth-order valence-electron chi connectivity index (χ4n) is 1.85. The molecule has 5 heteroatoms. The molecule has 0 spiro atoms. The first-order chi connectivity index (χ1) is 6.86. The Labute approximate surface area is 83.5 Å². The Balaban J connectivity index is 2.29. The summed E-state index contributed by atoms with van der Waals surface area (Å²) in [5.74, 6) is 1.33. The van der Waals surface area contributed by atoms with Gasteiger partial charge in [0.1, 0.15) is 5.82 Å². The first kappa shape index (κ1) is 9.48. The minimum atomic E-state index is 0.226. The monoisotopic (exact) mass is 195 g/mol. The molecule has 0 amide bonds. The molecule has 0 atom stereocenters. The Morgan fingerprint density at radius 3 is 3.00 bits per heavy atom. The predicted molar refractivity (Wildman–Crippen MR) is 56.2 cm³/mol. The molecule has 0 fully saturated rings. The van der Waals surface area contributed by atoms with Gasteiger partial charge in [0.2, 0.25) is 0 Å². The van der Waals surface area contributed by atoms with E-state index in [0.717, 1.165) is 30.9 Å². The van der Waals surface area contributed by atoms with E-state index in [9.17, 15) is 0 Å². The first-order valence-corrected chi connectivity index (χ1v) is 5.06. The van der Waals surface area contributed by atoms with E-state index in [4.69, 9.17) is 11.5 Å². The Kier molecular flexibility index (Phi) is 2.69. The lowest BCUT2D eigenvalue weighted by Crippen LogP contribution is -2.24. The van der Waals surface area contributed by atoms with Gasteiger partial charge in [-0.3, -0.25) is 0 Å². The highest BCUT2D eigenvalue weighted by atomic mass is 15.3. The van der Waals surface area contributed by atoms with Gasteiger partial charge in [-0.2, -0.15) is 5.10 Å². The molecular formula is C9H17N5. The van der Waals surface area contributed by atoms with Crippen molar-refractivity contribution < 1.29 is 0 Å². The number of fused-ring (bicyclic) bond motifs is 1.